The number of aromatic nitrogens is 2. The summed E-state index contributed by atoms with van der Waals surface area (Å²) >= 11 is 0. The molecule has 2 heterocycles. The van der Waals surface area contributed by atoms with Crippen LogP contribution in [0.25, 0.3) is 27.7 Å². The Morgan fingerprint density at radius 1 is 0.875 bits per heavy atom. The van der Waals surface area contributed by atoms with E-state index in [9.17, 15) is 4.79 Å². The first-order chi connectivity index (χ1) is 11.6. The maximum atomic E-state index is 12.3. The molecule has 0 spiro atoms. The summed E-state index contributed by atoms with van der Waals surface area (Å²) in [6, 6.07) is 20.0. The molecule has 0 N–H and O–H groups in total. The van der Waals surface area contributed by atoms with Crippen LogP contribution in [0.1, 0.15) is 5.56 Å². The summed E-state index contributed by atoms with van der Waals surface area (Å²) in [5.74, 6) is 0. The molecule has 0 saturated heterocycles. The zero-order valence-corrected chi connectivity index (χ0v) is 13.7. The maximum absolute atomic E-state index is 12.3. The highest BCUT2D eigenvalue weighted by Crippen LogP contribution is 2.24. The van der Waals surface area contributed by atoms with E-state index in [1.807, 2.05) is 50.5 Å². The summed E-state index contributed by atoms with van der Waals surface area (Å²) < 4.78 is 3.81. The second kappa shape index (κ2) is 5.53. The first kappa shape index (κ1) is 14.5. The smallest absolute Gasteiger partial charge is 0.255 e. The zero-order chi connectivity index (χ0) is 16.7. The van der Waals surface area contributed by atoms with E-state index in [-0.39, 0.29) is 5.56 Å². The molecule has 0 amide bonds. The van der Waals surface area contributed by atoms with Gasteiger partial charge in [0.1, 0.15) is 0 Å². The van der Waals surface area contributed by atoms with Gasteiger partial charge in [0.05, 0.1) is 0 Å². The van der Waals surface area contributed by atoms with E-state index in [0.29, 0.717) is 0 Å². The number of fused-ring (bicyclic) bond motifs is 1. The predicted octanol–water partition coefficient (Wildman–Crippen LogP) is 4.30. The Bertz CT molecular complexity index is 1100. The van der Waals surface area contributed by atoms with Gasteiger partial charge in [-0.15, -0.1) is 0 Å². The van der Waals surface area contributed by atoms with Gasteiger partial charge in [0.2, 0.25) is 0 Å². The van der Waals surface area contributed by atoms with Gasteiger partial charge in [-0.1, -0.05) is 18.2 Å². The Morgan fingerprint density at radius 2 is 1.71 bits per heavy atom. The Labute approximate surface area is 140 Å². The summed E-state index contributed by atoms with van der Waals surface area (Å²) in [7, 11) is 2.04. The Balaban J connectivity index is 1.86. The van der Waals surface area contributed by atoms with Crippen molar-refractivity contribution >= 4 is 10.9 Å². The molecule has 4 rings (SSSR count). The molecule has 4 aromatic rings. The van der Waals surface area contributed by atoms with Gasteiger partial charge in [0, 0.05) is 42.1 Å². The van der Waals surface area contributed by atoms with Gasteiger partial charge in [-0.3, -0.25) is 9.36 Å². The van der Waals surface area contributed by atoms with Gasteiger partial charge in [-0.05, 0) is 60.0 Å². The quantitative estimate of drug-likeness (QED) is 0.542. The van der Waals surface area contributed by atoms with Crippen molar-refractivity contribution in [1.82, 2.24) is 9.13 Å². The minimum Gasteiger partial charge on any atom is -0.351 e. The number of pyridine rings is 1. The third-order valence-electron chi connectivity index (χ3n) is 4.41. The fraction of sp³-hybridized carbons (Fsp3) is 0.0952. The van der Waals surface area contributed by atoms with Crippen LogP contribution in [0.5, 0.6) is 0 Å². The lowest BCUT2D eigenvalue weighted by Crippen LogP contribution is -2.16. The summed E-state index contributed by atoms with van der Waals surface area (Å²) in [5.41, 5.74) is 5.34. The lowest BCUT2D eigenvalue weighted by Gasteiger charge is -2.10. The minimum atomic E-state index is -0.0230. The van der Waals surface area contributed by atoms with Crippen molar-refractivity contribution in [3.8, 4) is 16.8 Å². The summed E-state index contributed by atoms with van der Waals surface area (Å²) in [6.07, 6.45) is 3.98. The Hall–Kier alpha value is -3.07. The molecule has 0 aliphatic heterocycles. The molecule has 0 fully saturated rings. The van der Waals surface area contributed by atoms with Gasteiger partial charge in [0.25, 0.3) is 5.56 Å². The van der Waals surface area contributed by atoms with Crippen LogP contribution in [0, 0.1) is 6.92 Å². The average Bonchev–Trinajstić information content (AvgIpc) is 2.96. The van der Waals surface area contributed by atoms with Gasteiger partial charge >= 0.3 is 0 Å². The van der Waals surface area contributed by atoms with E-state index in [4.69, 9.17) is 0 Å². The van der Waals surface area contributed by atoms with Crippen LogP contribution in [0.15, 0.2) is 77.9 Å². The van der Waals surface area contributed by atoms with Crippen LogP contribution in [-0.2, 0) is 7.05 Å². The highest BCUT2D eigenvalue weighted by atomic mass is 16.1. The van der Waals surface area contributed by atoms with E-state index in [1.165, 1.54) is 10.9 Å². The maximum Gasteiger partial charge on any atom is 0.255 e. The van der Waals surface area contributed by atoms with E-state index in [2.05, 4.69) is 35.0 Å². The number of benzene rings is 2. The SMILES string of the molecule is Cc1cccc(-n2cc(-c3ccc4c(ccn4C)c3)ccc2=O)c1. The molecule has 2 aromatic carbocycles. The first-order valence-corrected chi connectivity index (χ1v) is 7.97. The number of aryl methyl sites for hydroxylation is 2. The second-order valence-corrected chi connectivity index (χ2v) is 6.17. The molecular formula is C21H18N2O. The summed E-state index contributed by atoms with van der Waals surface area (Å²) in [4.78, 5) is 12.3. The van der Waals surface area contributed by atoms with Crippen molar-refractivity contribution in [1.29, 1.82) is 0 Å². The normalized spacial score (nSPS) is 11.1. The molecule has 3 heteroatoms. The second-order valence-electron chi connectivity index (χ2n) is 6.17. The highest BCUT2D eigenvalue weighted by molar-refractivity contribution is 5.85. The zero-order valence-electron chi connectivity index (χ0n) is 13.7. The number of hydrogen-bond donors (Lipinski definition) is 0. The molecule has 2 aromatic heterocycles. The highest BCUT2D eigenvalue weighted by Gasteiger charge is 2.06. The lowest BCUT2D eigenvalue weighted by molar-refractivity contribution is 0.969. The molecule has 0 atom stereocenters. The van der Waals surface area contributed by atoms with E-state index >= 15 is 0 Å². The third kappa shape index (κ3) is 2.44. The van der Waals surface area contributed by atoms with Crippen molar-refractivity contribution in [2.24, 2.45) is 7.05 Å². The molecule has 3 nitrogen and oxygen atoms in total. The fourth-order valence-electron chi connectivity index (χ4n) is 3.10. The summed E-state index contributed by atoms with van der Waals surface area (Å²) in [6.45, 7) is 2.03. The van der Waals surface area contributed by atoms with Crippen LogP contribution in [-0.4, -0.2) is 9.13 Å². The van der Waals surface area contributed by atoms with Gasteiger partial charge in [-0.2, -0.15) is 0 Å². The van der Waals surface area contributed by atoms with Crippen LogP contribution < -0.4 is 5.56 Å². The molecular weight excluding hydrogens is 296 g/mol. The third-order valence-corrected chi connectivity index (χ3v) is 4.41. The number of hydrogen-bond acceptors (Lipinski definition) is 1. The van der Waals surface area contributed by atoms with Gasteiger partial charge in [0.15, 0.2) is 0 Å². The topological polar surface area (TPSA) is 26.9 Å². The first-order valence-electron chi connectivity index (χ1n) is 7.97. The molecule has 0 aliphatic rings. The van der Waals surface area contributed by atoms with Gasteiger partial charge in [-0.25, -0.2) is 0 Å². The Morgan fingerprint density at radius 3 is 2.54 bits per heavy atom. The van der Waals surface area contributed by atoms with E-state index < -0.39 is 0 Å². The molecule has 118 valence electrons. The molecule has 0 aliphatic carbocycles. The average molecular weight is 314 g/mol. The van der Waals surface area contributed by atoms with Crippen molar-refractivity contribution in [3.05, 3.63) is 89.0 Å². The van der Waals surface area contributed by atoms with Crippen LogP contribution in [0.2, 0.25) is 0 Å². The molecule has 0 bridgehead atoms. The van der Waals surface area contributed by atoms with Crippen LogP contribution in [0.4, 0.5) is 0 Å². The molecule has 0 radical (unpaired) electrons. The monoisotopic (exact) mass is 314 g/mol. The summed E-state index contributed by atoms with van der Waals surface area (Å²) in [5, 5.41) is 1.20. The number of nitrogens with zero attached hydrogens (tertiary/aromatic N) is 2. The Kier molecular flexibility index (Phi) is 3.35. The van der Waals surface area contributed by atoms with Crippen molar-refractivity contribution in [2.45, 2.75) is 6.92 Å². The van der Waals surface area contributed by atoms with E-state index in [1.54, 1.807) is 10.6 Å². The van der Waals surface area contributed by atoms with Crippen molar-refractivity contribution in [3.63, 3.8) is 0 Å². The van der Waals surface area contributed by atoms with Crippen molar-refractivity contribution in [2.75, 3.05) is 0 Å². The molecule has 0 saturated carbocycles. The van der Waals surface area contributed by atoms with E-state index in [0.717, 1.165) is 22.4 Å². The van der Waals surface area contributed by atoms with Crippen LogP contribution >= 0.6 is 0 Å². The molecule has 0 unspecified atom stereocenters. The number of rotatable bonds is 2. The van der Waals surface area contributed by atoms with Crippen molar-refractivity contribution < 1.29 is 0 Å². The fourth-order valence-corrected chi connectivity index (χ4v) is 3.10. The standard InChI is InChI=1S/C21H18N2O/c1-15-4-3-5-19(12-15)23-14-18(7-9-21(23)24)16-6-8-20-17(13-16)10-11-22(20)2/h3-14H,1-2H3. The minimum absolute atomic E-state index is 0.0230. The molecule has 24 heavy (non-hydrogen) atoms. The lowest BCUT2D eigenvalue weighted by atomic mass is 10.1. The predicted molar refractivity (Wildman–Crippen MR) is 98.7 cm³/mol. The largest absolute Gasteiger partial charge is 0.351 e. The van der Waals surface area contributed by atoms with Gasteiger partial charge < -0.3 is 4.57 Å². The van der Waals surface area contributed by atoms with Crippen LogP contribution in [0.3, 0.4) is 0 Å².